The van der Waals surface area contributed by atoms with Gasteiger partial charge < -0.3 is 20.5 Å². The zero-order valence-electron chi connectivity index (χ0n) is 19.1. The molecule has 1 amide bonds. The Morgan fingerprint density at radius 1 is 1.11 bits per heavy atom. The number of amides is 1. The number of phenolic OH excluding ortho intramolecular Hbond substituents is 1. The number of nitrogens with one attached hydrogen (secondary N) is 2. The Balaban J connectivity index is 1.76. The summed E-state index contributed by atoms with van der Waals surface area (Å²) in [6, 6.07) is 14.0. The van der Waals surface area contributed by atoms with Crippen molar-refractivity contribution in [3.8, 4) is 22.9 Å². The van der Waals surface area contributed by atoms with Crippen molar-refractivity contribution >= 4 is 28.2 Å². The van der Waals surface area contributed by atoms with Gasteiger partial charge in [-0.2, -0.15) is 0 Å². The molecule has 35 heavy (non-hydrogen) atoms. The van der Waals surface area contributed by atoms with Crippen LogP contribution in [-0.2, 0) is 4.79 Å². The van der Waals surface area contributed by atoms with Gasteiger partial charge >= 0.3 is 5.69 Å². The Labute approximate surface area is 204 Å². The minimum Gasteiger partial charge on any atom is -0.508 e. The molecule has 0 saturated heterocycles. The predicted octanol–water partition coefficient (Wildman–Crippen LogP) is 4.29. The number of H-pyrrole nitrogens is 1. The minimum atomic E-state index is -1.14. The molecule has 2 aromatic carbocycles. The van der Waals surface area contributed by atoms with Crippen LogP contribution in [0.2, 0.25) is 0 Å². The van der Waals surface area contributed by atoms with E-state index in [0.717, 1.165) is 21.5 Å². The number of hydrogen-bond donors (Lipinski definition) is 4. The van der Waals surface area contributed by atoms with E-state index >= 15 is 0 Å². The first-order chi connectivity index (χ1) is 16.8. The highest BCUT2D eigenvalue weighted by Gasteiger charge is 2.33. The number of nitrogens with zero attached hydrogens (tertiary/aromatic N) is 2. The molecule has 2 atom stereocenters. The standard InChI is InChI=1S/C25H24N4O5S/c1-3-19(31)18-13-35-24(26-18)28-22(32)21(14(2)15-7-5-4-6-8-15)29-23(33)20(27-25(29)34)16-9-11-17(30)12-10-16/h4-14,21,30,33H,3H2,1-2H3,(H,27,34)(H,26,28,32)/t14-,21-/m0/s1. The summed E-state index contributed by atoms with van der Waals surface area (Å²) >= 11 is 1.11. The van der Waals surface area contributed by atoms with Crippen LogP contribution in [-0.4, -0.2) is 36.4 Å². The molecule has 2 heterocycles. The summed E-state index contributed by atoms with van der Waals surface area (Å²) in [7, 11) is 0. The topological polar surface area (TPSA) is 137 Å². The van der Waals surface area contributed by atoms with Crippen LogP contribution in [0.15, 0.2) is 64.8 Å². The quantitative estimate of drug-likeness (QED) is 0.271. The summed E-state index contributed by atoms with van der Waals surface area (Å²) in [5.74, 6) is -1.60. The molecule has 9 nitrogen and oxygen atoms in total. The monoisotopic (exact) mass is 492 g/mol. The lowest BCUT2D eigenvalue weighted by molar-refractivity contribution is -0.120. The van der Waals surface area contributed by atoms with Gasteiger partial charge in [-0.05, 0) is 29.8 Å². The number of Topliss-reactive ketones (excluding diaryl/α,β-unsaturated/α-hetero) is 1. The molecule has 4 rings (SSSR count). The van der Waals surface area contributed by atoms with Gasteiger partial charge in [-0.15, -0.1) is 11.3 Å². The molecule has 4 N–H and O–H groups in total. The second-order valence-electron chi connectivity index (χ2n) is 7.99. The average molecular weight is 493 g/mol. The van der Waals surface area contributed by atoms with Crippen LogP contribution in [0.1, 0.15) is 48.3 Å². The number of benzene rings is 2. The third kappa shape index (κ3) is 4.87. The second kappa shape index (κ2) is 9.98. The number of thiazole rings is 1. The first-order valence-electron chi connectivity index (χ1n) is 11.0. The summed E-state index contributed by atoms with van der Waals surface area (Å²) in [5, 5.41) is 25.1. The maximum Gasteiger partial charge on any atom is 0.329 e. The van der Waals surface area contributed by atoms with Crippen LogP contribution in [0.5, 0.6) is 11.6 Å². The minimum absolute atomic E-state index is 0.0364. The number of carbonyl (C=O) groups excluding carboxylic acids is 2. The summed E-state index contributed by atoms with van der Waals surface area (Å²) in [6.07, 6.45) is 0.289. The van der Waals surface area contributed by atoms with Gasteiger partial charge in [-0.25, -0.2) is 14.3 Å². The zero-order chi connectivity index (χ0) is 25.1. The summed E-state index contributed by atoms with van der Waals surface area (Å²) in [4.78, 5) is 45.3. The van der Waals surface area contributed by atoms with Crippen LogP contribution in [0, 0.1) is 0 Å². The Kier molecular flexibility index (Phi) is 6.83. The van der Waals surface area contributed by atoms with Crippen LogP contribution >= 0.6 is 11.3 Å². The number of ketones is 1. The van der Waals surface area contributed by atoms with Crippen LogP contribution in [0.3, 0.4) is 0 Å². The molecule has 0 radical (unpaired) electrons. The number of hydrogen-bond acceptors (Lipinski definition) is 7. The van der Waals surface area contributed by atoms with E-state index in [2.05, 4.69) is 15.3 Å². The Morgan fingerprint density at radius 3 is 2.46 bits per heavy atom. The van der Waals surface area contributed by atoms with Gasteiger partial charge in [-0.3, -0.25) is 9.59 Å². The van der Waals surface area contributed by atoms with Gasteiger partial charge in [0.15, 0.2) is 10.9 Å². The van der Waals surface area contributed by atoms with Crippen LogP contribution in [0.25, 0.3) is 11.3 Å². The first kappa shape index (κ1) is 24.0. The SMILES string of the molecule is CCC(=O)c1csc(NC(=O)[C@H]([C@@H](C)c2ccccc2)n2c(O)c(-c3ccc(O)cc3)[nH]c2=O)n1. The molecule has 180 valence electrons. The normalized spacial score (nSPS) is 12.7. The molecule has 0 spiro atoms. The smallest absolute Gasteiger partial charge is 0.329 e. The molecule has 0 aliphatic heterocycles. The molecule has 0 saturated carbocycles. The van der Waals surface area contributed by atoms with Crippen molar-refractivity contribution < 1.29 is 19.8 Å². The third-order valence-corrected chi connectivity index (χ3v) is 6.50. The number of carbonyl (C=O) groups is 2. The molecule has 2 aromatic heterocycles. The average Bonchev–Trinajstić information content (AvgIpc) is 3.44. The highest BCUT2D eigenvalue weighted by Crippen LogP contribution is 2.35. The van der Waals surface area contributed by atoms with Crippen molar-refractivity contribution in [3.63, 3.8) is 0 Å². The van der Waals surface area contributed by atoms with Crippen LogP contribution < -0.4 is 11.0 Å². The fraction of sp³-hybridized carbons (Fsp3) is 0.200. The summed E-state index contributed by atoms with van der Waals surface area (Å²) in [6.45, 7) is 3.51. The van der Waals surface area contributed by atoms with Gasteiger partial charge in [0.1, 0.15) is 23.2 Å². The number of anilines is 1. The highest BCUT2D eigenvalue weighted by molar-refractivity contribution is 7.14. The van der Waals surface area contributed by atoms with Crippen molar-refractivity contribution in [1.29, 1.82) is 0 Å². The lowest BCUT2D eigenvalue weighted by Gasteiger charge is -2.24. The van der Waals surface area contributed by atoms with Crippen molar-refractivity contribution in [2.24, 2.45) is 0 Å². The van der Waals surface area contributed by atoms with E-state index in [4.69, 9.17) is 0 Å². The van der Waals surface area contributed by atoms with E-state index in [0.29, 0.717) is 5.56 Å². The number of aromatic nitrogens is 3. The maximum absolute atomic E-state index is 13.5. The highest BCUT2D eigenvalue weighted by atomic mass is 32.1. The largest absolute Gasteiger partial charge is 0.508 e. The predicted molar refractivity (Wildman–Crippen MR) is 133 cm³/mol. The Morgan fingerprint density at radius 2 is 1.80 bits per heavy atom. The zero-order valence-corrected chi connectivity index (χ0v) is 19.9. The fourth-order valence-corrected chi connectivity index (χ4v) is 4.57. The summed E-state index contributed by atoms with van der Waals surface area (Å²) < 4.78 is 1.01. The molecule has 0 unspecified atom stereocenters. The fourth-order valence-electron chi connectivity index (χ4n) is 3.85. The molecular weight excluding hydrogens is 468 g/mol. The Bertz CT molecular complexity index is 1410. The lowest BCUT2D eigenvalue weighted by atomic mass is 9.92. The molecular formula is C25H24N4O5S. The van der Waals surface area contributed by atoms with Gasteiger partial charge in [0.25, 0.3) is 0 Å². The molecule has 0 fully saturated rings. The Hall–Kier alpha value is -4.18. The number of rotatable bonds is 8. The second-order valence-corrected chi connectivity index (χ2v) is 8.85. The number of imidazole rings is 1. The van der Waals surface area contributed by atoms with Gasteiger partial charge in [-0.1, -0.05) is 44.2 Å². The van der Waals surface area contributed by atoms with E-state index in [-0.39, 0.29) is 34.5 Å². The van der Waals surface area contributed by atoms with Gasteiger partial charge in [0.05, 0.1) is 0 Å². The molecule has 0 bridgehead atoms. The molecule has 4 aromatic rings. The first-order valence-corrected chi connectivity index (χ1v) is 11.9. The van der Waals surface area contributed by atoms with Crippen molar-refractivity contribution in [3.05, 3.63) is 81.7 Å². The third-order valence-electron chi connectivity index (χ3n) is 5.75. The summed E-state index contributed by atoms with van der Waals surface area (Å²) in [5.41, 5.74) is 0.960. The molecule has 0 aliphatic rings. The lowest BCUT2D eigenvalue weighted by Crippen LogP contribution is -2.35. The number of aromatic amines is 1. The maximum atomic E-state index is 13.5. The van der Waals surface area contributed by atoms with E-state index in [1.54, 1.807) is 31.4 Å². The van der Waals surface area contributed by atoms with Gasteiger partial charge in [0.2, 0.25) is 11.8 Å². The number of phenols is 1. The van der Waals surface area contributed by atoms with Crippen molar-refractivity contribution in [2.75, 3.05) is 5.32 Å². The van der Waals surface area contributed by atoms with Crippen molar-refractivity contribution in [1.82, 2.24) is 14.5 Å². The van der Waals surface area contributed by atoms with Gasteiger partial charge in [0, 0.05) is 23.3 Å². The van der Waals surface area contributed by atoms with Crippen molar-refractivity contribution in [2.45, 2.75) is 32.2 Å². The molecule has 10 heteroatoms. The number of aromatic hydroxyl groups is 2. The van der Waals surface area contributed by atoms with E-state index < -0.39 is 29.4 Å². The van der Waals surface area contributed by atoms with Crippen LogP contribution in [0.4, 0.5) is 5.13 Å². The molecule has 0 aliphatic carbocycles. The van der Waals surface area contributed by atoms with E-state index in [9.17, 15) is 24.6 Å². The van der Waals surface area contributed by atoms with E-state index in [1.165, 1.54) is 12.1 Å². The van der Waals surface area contributed by atoms with E-state index in [1.807, 2.05) is 30.3 Å².